The first kappa shape index (κ1) is 13.0. The standard InChI is InChI=1S/C9H5F5OS/c10-8(11)7(15)5-2-1-3-6(4-5)16-9(12,13)14/h1-4,8H. The number of Topliss-reactive ketones (excluding diaryl/α,β-unsaturated/α-hetero) is 1. The van der Waals surface area contributed by atoms with Crippen molar-refractivity contribution in [2.75, 3.05) is 0 Å². The van der Waals surface area contributed by atoms with Crippen LogP contribution in [0.5, 0.6) is 0 Å². The van der Waals surface area contributed by atoms with Gasteiger partial charge in [-0.15, -0.1) is 0 Å². The van der Waals surface area contributed by atoms with Crippen molar-refractivity contribution >= 4 is 17.5 Å². The van der Waals surface area contributed by atoms with Crippen LogP contribution in [-0.4, -0.2) is 17.7 Å². The smallest absolute Gasteiger partial charge is 0.288 e. The largest absolute Gasteiger partial charge is 0.446 e. The molecule has 0 aromatic heterocycles. The molecular formula is C9H5F5OS. The van der Waals surface area contributed by atoms with E-state index < -0.39 is 35.0 Å². The molecule has 0 unspecified atom stereocenters. The highest BCUT2D eigenvalue weighted by atomic mass is 32.2. The summed E-state index contributed by atoms with van der Waals surface area (Å²) in [5.41, 5.74) is -4.93. The van der Waals surface area contributed by atoms with Gasteiger partial charge in [-0.25, -0.2) is 8.78 Å². The summed E-state index contributed by atoms with van der Waals surface area (Å²) < 4.78 is 59.9. The second kappa shape index (κ2) is 4.82. The molecule has 0 saturated heterocycles. The van der Waals surface area contributed by atoms with E-state index >= 15 is 0 Å². The minimum atomic E-state index is -4.51. The molecule has 1 aromatic rings. The van der Waals surface area contributed by atoms with Gasteiger partial charge in [0, 0.05) is 10.5 Å². The molecule has 0 amide bonds. The Hall–Kier alpha value is -1.11. The second-order valence-electron chi connectivity index (χ2n) is 2.74. The van der Waals surface area contributed by atoms with Crippen molar-refractivity contribution in [3.8, 4) is 0 Å². The van der Waals surface area contributed by atoms with Crippen molar-refractivity contribution in [2.45, 2.75) is 16.8 Å². The summed E-state index contributed by atoms with van der Waals surface area (Å²) in [4.78, 5) is 10.5. The minimum Gasteiger partial charge on any atom is -0.288 e. The normalized spacial score (nSPS) is 11.9. The van der Waals surface area contributed by atoms with Crippen molar-refractivity contribution in [3.05, 3.63) is 29.8 Å². The van der Waals surface area contributed by atoms with Crippen LogP contribution in [0.4, 0.5) is 22.0 Å². The van der Waals surface area contributed by atoms with Gasteiger partial charge in [0.15, 0.2) is 0 Å². The Bertz CT molecular complexity index is 388. The fourth-order valence-electron chi connectivity index (χ4n) is 0.972. The second-order valence-corrected chi connectivity index (χ2v) is 3.88. The number of ketones is 1. The Morgan fingerprint density at radius 3 is 2.38 bits per heavy atom. The molecule has 0 aliphatic rings. The van der Waals surface area contributed by atoms with Crippen molar-refractivity contribution in [3.63, 3.8) is 0 Å². The van der Waals surface area contributed by atoms with Crippen LogP contribution in [0.2, 0.25) is 0 Å². The molecule has 0 fully saturated rings. The van der Waals surface area contributed by atoms with Crippen LogP contribution in [0.25, 0.3) is 0 Å². The number of alkyl halides is 5. The van der Waals surface area contributed by atoms with Gasteiger partial charge in [-0.3, -0.25) is 4.79 Å². The fourth-order valence-corrected chi connectivity index (χ4v) is 1.57. The predicted molar refractivity (Wildman–Crippen MR) is 48.7 cm³/mol. The van der Waals surface area contributed by atoms with E-state index in [0.29, 0.717) is 0 Å². The molecule has 0 spiro atoms. The van der Waals surface area contributed by atoms with E-state index in [9.17, 15) is 26.7 Å². The van der Waals surface area contributed by atoms with E-state index in [1.807, 2.05) is 0 Å². The summed E-state index contributed by atoms with van der Waals surface area (Å²) in [7, 11) is 0. The number of hydrogen-bond donors (Lipinski definition) is 0. The number of rotatable bonds is 3. The summed E-state index contributed by atoms with van der Waals surface area (Å²) in [6, 6.07) is 4.08. The van der Waals surface area contributed by atoms with Crippen LogP contribution in [0, 0.1) is 0 Å². The maximum absolute atomic E-state index is 12.0. The molecule has 0 aliphatic carbocycles. The van der Waals surface area contributed by atoms with Gasteiger partial charge < -0.3 is 0 Å². The first-order valence-electron chi connectivity index (χ1n) is 3.98. The average Bonchev–Trinajstić information content (AvgIpc) is 2.14. The van der Waals surface area contributed by atoms with Gasteiger partial charge in [-0.05, 0) is 23.9 Å². The van der Waals surface area contributed by atoms with Gasteiger partial charge in [-0.2, -0.15) is 13.2 Å². The number of hydrogen-bond acceptors (Lipinski definition) is 2. The van der Waals surface area contributed by atoms with E-state index in [-0.39, 0.29) is 4.90 Å². The zero-order chi connectivity index (χ0) is 12.3. The molecule has 0 heterocycles. The molecule has 0 radical (unpaired) electrons. The highest BCUT2D eigenvalue weighted by Crippen LogP contribution is 2.37. The van der Waals surface area contributed by atoms with Crippen LogP contribution in [0.3, 0.4) is 0 Å². The third-order valence-electron chi connectivity index (χ3n) is 1.55. The molecule has 88 valence electrons. The van der Waals surface area contributed by atoms with Gasteiger partial charge in [-0.1, -0.05) is 12.1 Å². The number of carbonyl (C=O) groups is 1. The summed E-state index contributed by atoms with van der Waals surface area (Å²) in [5, 5.41) is 0. The molecule has 1 aromatic carbocycles. The fraction of sp³-hybridized carbons (Fsp3) is 0.222. The lowest BCUT2D eigenvalue weighted by Crippen LogP contribution is -2.10. The summed E-state index contributed by atoms with van der Waals surface area (Å²) >= 11 is -0.453. The lowest BCUT2D eigenvalue weighted by Gasteiger charge is -2.06. The maximum atomic E-state index is 12.0. The van der Waals surface area contributed by atoms with Crippen molar-refractivity contribution in [1.82, 2.24) is 0 Å². The lowest BCUT2D eigenvalue weighted by molar-refractivity contribution is -0.0328. The molecule has 7 heteroatoms. The zero-order valence-corrected chi connectivity index (χ0v) is 8.41. The zero-order valence-electron chi connectivity index (χ0n) is 7.59. The molecule has 0 aliphatic heterocycles. The van der Waals surface area contributed by atoms with Crippen molar-refractivity contribution < 1.29 is 26.7 Å². The van der Waals surface area contributed by atoms with E-state index in [2.05, 4.69) is 0 Å². The molecule has 16 heavy (non-hydrogen) atoms. The lowest BCUT2D eigenvalue weighted by atomic mass is 10.1. The molecule has 0 bridgehead atoms. The maximum Gasteiger partial charge on any atom is 0.446 e. The van der Waals surface area contributed by atoms with Crippen LogP contribution in [0.15, 0.2) is 29.2 Å². The summed E-state index contributed by atoms with van der Waals surface area (Å²) in [6.07, 6.45) is -3.22. The predicted octanol–water partition coefficient (Wildman–Crippen LogP) is 3.75. The molecule has 0 saturated carbocycles. The highest BCUT2D eigenvalue weighted by Gasteiger charge is 2.29. The van der Waals surface area contributed by atoms with Crippen molar-refractivity contribution in [1.29, 1.82) is 0 Å². The van der Waals surface area contributed by atoms with Crippen LogP contribution in [-0.2, 0) is 0 Å². The van der Waals surface area contributed by atoms with Gasteiger partial charge in [0.1, 0.15) is 0 Å². The third-order valence-corrected chi connectivity index (χ3v) is 2.27. The van der Waals surface area contributed by atoms with Crippen LogP contribution < -0.4 is 0 Å². The number of halogens is 5. The van der Waals surface area contributed by atoms with E-state index in [1.54, 1.807) is 0 Å². The van der Waals surface area contributed by atoms with Crippen LogP contribution >= 0.6 is 11.8 Å². The van der Waals surface area contributed by atoms with E-state index in [1.165, 1.54) is 0 Å². The Balaban J connectivity index is 2.91. The third kappa shape index (κ3) is 3.80. The van der Waals surface area contributed by atoms with E-state index in [0.717, 1.165) is 24.3 Å². The van der Waals surface area contributed by atoms with Gasteiger partial charge >= 0.3 is 11.9 Å². The van der Waals surface area contributed by atoms with Crippen molar-refractivity contribution in [2.24, 2.45) is 0 Å². The Morgan fingerprint density at radius 1 is 1.25 bits per heavy atom. The van der Waals surface area contributed by atoms with Gasteiger partial charge in [0.2, 0.25) is 5.78 Å². The highest BCUT2D eigenvalue weighted by molar-refractivity contribution is 8.00. The van der Waals surface area contributed by atoms with Gasteiger partial charge in [0.25, 0.3) is 0 Å². The first-order valence-corrected chi connectivity index (χ1v) is 4.79. The SMILES string of the molecule is O=C(c1cccc(SC(F)(F)F)c1)C(F)F. The Labute approximate surface area is 91.6 Å². The molecule has 1 rings (SSSR count). The number of benzene rings is 1. The summed E-state index contributed by atoms with van der Waals surface area (Å²) in [6.45, 7) is 0. The summed E-state index contributed by atoms with van der Waals surface area (Å²) in [5.74, 6) is -1.48. The molecular weight excluding hydrogens is 251 g/mol. The van der Waals surface area contributed by atoms with E-state index in [4.69, 9.17) is 0 Å². The molecule has 0 N–H and O–H groups in total. The molecule has 0 atom stereocenters. The first-order chi connectivity index (χ1) is 7.29. The average molecular weight is 256 g/mol. The van der Waals surface area contributed by atoms with Gasteiger partial charge in [0.05, 0.1) is 0 Å². The Kier molecular flexibility index (Phi) is 3.90. The number of thioether (sulfide) groups is 1. The van der Waals surface area contributed by atoms with Crippen LogP contribution in [0.1, 0.15) is 10.4 Å². The Morgan fingerprint density at radius 2 is 1.88 bits per heavy atom. The molecule has 1 nitrogen and oxygen atoms in total. The quantitative estimate of drug-likeness (QED) is 0.465. The monoisotopic (exact) mass is 256 g/mol. The minimum absolute atomic E-state index is 0.293. The number of carbonyl (C=O) groups excluding carboxylic acids is 1. The topological polar surface area (TPSA) is 17.1 Å².